The van der Waals surface area contributed by atoms with E-state index < -0.39 is 0 Å². The van der Waals surface area contributed by atoms with Crippen LogP contribution < -0.4 is 0 Å². The van der Waals surface area contributed by atoms with Crippen LogP contribution in [0.15, 0.2) is 29.0 Å². The third-order valence-electron chi connectivity index (χ3n) is 2.01. The predicted molar refractivity (Wildman–Crippen MR) is 59.1 cm³/mol. The van der Waals surface area contributed by atoms with Gasteiger partial charge in [-0.05, 0) is 23.6 Å². The monoisotopic (exact) mass is 236 g/mol. The van der Waals surface area contributed by atoms with Crippen molar-refractivity contribution in [3.63, 3.8) is 0 Å². The van der Waals surface area contributed by atoms with E-state index in [0.717, 1.165) is 5.56 Å². The summed E-state index contributed by atoms with van der Waals surface area (Å²) in [5, 5.41) is 16.7. The number of hydrogen-bond acceptors (Lipinski definition) is 4. The van der Waals surface area contributed by atoms with Crippen LogP contribution in [-0.2, 0) is 0 Å². The van der Waals surface area contributed by atoms with E-state index in [1.165, 1.54) is 0 Å². The van der Waals surface area contributed by atoms with E-state index >= 15 is 0 Å². The summed E-state index contributed by atoms with van der Waals surface area (Å²) in [4.78, 5) is 0. The number of nitrogens with zero attached hydrogens (tertiary/aromatic N) is 4. The van der Waals surface area contributed by atoms with E-state index in [0.29, 0.717) is 16.6 Å². The van der Waals surface area contributed by atoms with E-state index in [2.05, 4.69) is 15.3 Å². The van der Waals surface area contributed by atoms with Crippen LogP contribution in [0.5, 0.6) is 0 Å². The molecule has 74 valence electrons. The third kappa shape index (κ3) is 1.40. The fraction of sp³-hybridized carbons (Fsp3) is 0. The van der Waals surface area contributed by atoms with Crippen molar-refractivity contribution in [1.29, 1.82) is 0 Å². The van der Waals surface area contributed by atoms with Crippen LogP contribution in [0.4, 0.5) is 0 Å². The molecule has 0 fully saturated rings. The minimum Gasteiger partial charge on any atom is -0.191 e. The molecule has 0 saturated carbocycles. The minimum absolute atomic E-state index is 0.429. The lowest BCUT2D eigenvalue weighted by Gasteiger charge is -1.95. The Labute approximate surface area is 94.1 Å². The summed E-state index contributed by atoms with van der Waals surface area (Å²) in [6.45, 7) is 0. The quantitative estimate of drug-likeness (QED) is 0.652. The van der Waals surface area contributed by atoms with Crippen LogP contribution in [0.25, 0.3) is 17.0 Å². The van der Waals surface area contributed by atoms with Crippen molar-refractivity contribution in [2.75, 3.05) is 0 Å². The Morgan fingerprint density at radius 1 is 1.20 bits per heavy atom. The highest BCUT2D eigenvalue weighted by Crippen LogP contribution is 2.20. The van der Waals surface area contributed by atoms with Crippen molar-refractivity contribution < 1.29 is 0 Å². The Hall–Kier alpha value is -1.46. The fourth-order valence-corrected chi connectivity index (χ4v) is 2.11. The normalized spacial score (nSPS) is 11.0. The van der Waals surface area contributed by atoms with E-state index in [9.17, 15) is 0 Å². The zero-order valence-electron chi connectivity index (χ0n) is 7.46. The minimum atomic E-state index is 0.429. The molecule has 0 radical (unpaired) electrons. The van der Waals surface area contributed by atoms with Gasteiger partial charge in [-0.15, -0.1) is 10.2 Å². The third-order valence-corrected chi connectivity index (χ3v) is 2.89. The fourth-order valence-electron chi connectivity index (χ4n) is 1.34. The van der Waals surface area contributed by atoms with Gasteiger partial charge in [0.2, 0.25) is 0 Å². The predicted octanol–water partition coefficient (Wildman–Crippen LogP) is 2.51. The van der Waals surface area contributed by atoms with Gasteiger partial charge in [0.25, 0.3) is 0 Å². The molecule has 15 heavy (non-hydrogen) atoms. The lowest BCUT2D eigenvalue weighted by Crippen LogP contribution is -1.93. The van der Waals surface area contributed by atoms with Crippen LogP contribution in [0.1, 0.15) is 0 Å². The largest absolute Gasteiger partial charge is 0.191 e. The van der Waals surface area contributed by atoms with Crippen molar-refractivity contribution in [1.82, 2.24) is 19.8 Å². The molecule has 6 heteroatoms. The Balaban J connectivity index is 2.32. The second-order valence-corrected chi connectivity index (χ2v) is 4.13. The average Bonchev–Trinajstić information content (AvgIpc) is 2.83. The van der Waals surface area contributed by atoms with Crippen molar-refractivity contribution in [3.8, 4) is 11.4 Å². The second kappa shape index (κ2) is 3.29. The molecule has 4 nitrogen and oxygen atoms in total. The highest BCUT2D eigenvalue weighted by molar-refractivity contribution is 7.08. The Morgan fingerprint density at radius 2 is 2.13 bits per heavy atom. The maximum atomic E-state index is 5.82. The van der Waals surface area contributed by atoms with Gasteiger partial charge in [-0.3, -0.25) is 0 Å². The van der Waals surface area contributed by atoms with Crippen LogP contribution in [0, 0.1) is 0 Å². The molecule has 3 rings (SSSR count). The lowest BCUT2D eigenvalue weighted by atomic mass is 10.3. The maximum absolute atomic E-state index is 5.82. The molecule has 0 aliphatic rings. The van der Waals surface area contributed by atoms with Gasteiger partial charge in [-0.2, -0.15) is 21.0 Å². The summed E-state index contributed by atoms with van der Waals surface area (Å²) in [5.74, 6) is 0.716. The van der Waals surface area contributed by atoms with E-state index in [-0.39, 0.29) is 0 Å². The van der Waals surface area contributed by atoms with Gasteiger partial charge in [0.1, 0.15) is 5.15 Å². The van der Waals surface area contributed by atoms with E-state index in [1.807, 2.05) is 16.8 Å². The number of halogens is 1. The first-order valence-electron chi connectivity index (χ1n) is 4.25. The summed E-state index contributed by atoms with van der Waals surface area (Å²) in [7, 11) is 0. The first-order chi connectivity index (χ1) is 7.34. The zero-order valence-corrected chi connectivity index (χ0v) is 9.03. The number of thiophene rings is 1. The summed E-state index contributed by atoms with van der Waals surface area (Å²) in [6, 6.07) is 5.46. The molecule has 0 atom stereocenters. The van der Waals surface area contributed by atoms with E-state index in [4.69, 9.17) is 11.6 Å². The first kappa shape index (κ1) is 8.82. The van der Waals surface area contributed by atoms with Crippen molar-refractivity contribution >= 4 is 28.6 Å². The first-order valence-corrected chi connectivity index (χ1v) is 5.57. The van der Waals surface area contributed by atoms with Crippen LogP contribution >= 0.6 is 22.9 Å². The molecule has 0 unspecified atom stereocenters. The Bertz CT molecular complexity index is 602. The molecule has 3 aromatic heterocycles. The van der Waals surface area contributed by atoms with Gasteiger partial charge in [-0.1, -0.05) is 11.6 Å². The van der Waals surface area contributed by atoms with Crippen molar-refractivity contribution in [2.24, 2.45) is 0 Å². The molecule has 0 aliphatic carbocycles. The number of fused-ring (bicyclic) bond motifs is 1. The topological polar surface area (TPSA) is 43.1 Å². The number of rotatable bonds is 1. The molecule has 0 spiro atoms. The highest BCUT2D eigenvalue weighted by Gasteiger charge is 2.09. The molecule has 3 aromatic rings. The van der Waals surface area contributed by atoms with Crippen molar-refractivity contribution in [2.45, 2.75) is 0 Å². The molecule has 0 N–H and O–H groups in total. The second-order valence-electron chi connectivity index (χ2n) is 2.96. The van der Waals surface area contributed by atoms with Crippen LogP contribution in [0.2, 0.25) is 5.15 Å². The van der Waals surface area contributed by atoms with Gasteiger partial charge in [-0.25, -0.2) is 0 Å². The molecule has 0 saturated heterocycles. The van der Waals surface area contributed by atoms with Gasteiger partial charge >= 0.3 is 0 Å². The van der Waals surface area contributed by atoms with Gasteiger partial charge in [0.05, 0.1) is 0 Å². The molecule has 0 aliphatic heterocycles. The number of aromatic nitrogens is 4. The molecule has 0 bridgehead atoms. The highest BCUT2D eigenvalue weighted by atomic mass is 35.5. The van der Waals surface area contributed by atoms with Crippen molar-refractivity contribution in [3.05, 3.63) is 34.1 Å². The molecule has 0 aromatic carbocycles. The molecule has 3 heterocycles. The Morgan fingerprint density at radius 3 is 2.93 bits per heavy atom. The zero-order chi connectivity index (χ0) is 10.3. The van der Waals surface area contributed by atoms with Gasteiger partial charge in [0, 0.05) is 10.9 Å². The van der Waals surface area contributed by atoms with Gasteiger partial charge < -0.3 is 0 Å². The SMILES string of the molecule is Clc1ccc2nnc(-c3ccsc3)n2n1. The lowest BCUT2D eigenvalue weighted by molar-refractivity contribution is 0.937. The smallest absolute Gasteiger partial charge is 0.186 e. The Kier molecular flexibility index (Phi) is 1.93. The number of hydrogen-bond donors (Lipinski definition) is 0. The maximum Gasteiger partial charge on any atom is 0.186 e. The van der Waals surface area contributed by atoms with Gasteiger partial charge in [0.15, 0.2) is 11.5 Å². The summed E-state index contributed by atoms with van der Waals surface area (Å²) < 4.78 is 1.64. The summed E-state index contributed by atoms with van der Waals surface area (Å²) >= 11 is 7.43. The standard InChI is InChI=1S/C9H5ClN4S/c10-7-1-2-8-11-12-9(14(8)13-7)6-3-4-15-5-6/h1-5H. The molecule has 0 amide bonds. The molecular weight excluding hydrogens is 232 g/mol. The van der Waals surface area contributed by atoms with E-state index in [1.54, 1.807) is 28.0 Å². The van der Waals surface area contributed by atoms with Crippen LogP contribution in [-0.4, -0.2) is 19.8 Å². The summed E-state index contributed by atoms with van der Waals surface area (Å²) in [6.07, 6.45) is 0. The summed E-state index contributed by atoms with van der Waals surface area (Å²) in [5.41, 5.74) is 1.70. The molecular formula is C9H5ClN4S. The average molecular weight is 237 g/mol. The van der Waals surface area contributed by atoms with Crippen LogP contribution in [0.3, 0.4) is 0 Å².